The Labute approximate surface area is 129 Å². The lowest BCUT2D eigenvalue weighted by Gasteiger charge is -2.28. The van der Waals surface area contributed by atoms with E-state index in [0.29, 0.717) is 0 Å². The van der Waals surface area contributed by atoms with Gasteiger partial charge in [-0.3, -0.25) is 0 Å². The normalized spacial score (nSPS) is 12.4. The van der Waals surface area contributed by atoms with Crippen molar-refractivity contribution in [3.8, 4) is 0 Å². The van der Waals surface area contributed by atoms with Crippen LogP contribution in [0, 0.1) is 0 Å². The van der Waals surface area contributed by atoms with Crippen LogP contribution in [-0.4, -0.2) is 19.1 Å². The minimum Gasteiger partial charge on any atom is -0.371 e. The lowest BCUT2D eigenvalue weighted by molar-refractivity contribution is 0.669. The topological polar surface area (TPSA) is 29.3 Å². The Hall–Kier alpha value is -0.730. The van der Waals surface area contributed by atoms with Gasteiger partial charge in [0.1, 0.15) is 0 Å². The highest BCUT2D eigenvalue weighted by Gasteiger charge is 2.12. The van der Waals surface area contributed by atoms with E-state index in [1.807, 2.05) is 6.07 Å². The van der Waals surface area contributed by atoms with Crippen LogP contribution in [0.3, 0.4) is 0 Å². The molecule has 0 aromatic heterocycles. The van der Waals surface area contributed by atoms with E-state index in [9.17, 15) is 0 Å². The average molecular weight is 297 g/mol. The predicted octanol–water partition coefficient (Wildman–Crippen LogP) is 4.64. The van der Waals surface area contributed by atoms with Gasteiger partial charge in [0.25, 0.3) is 0 Å². The second kappa shape index (κ2) is 9.25. The number of rotatable bonds is 9. The molecule has 20 heavy (non-hydrogen) atoms. The molecule has 0 fully saturated rings. The van der Waals surface area contributed by atoms with Crippen LogP contribution in [0.1, 0.15) is 52.0 Å². The van der Waals surface area contributed by atoms with Crippen molar-refractivity contribution in [2.24, 2.45) is 5.73 Å². The molecule has 0 bridgehead atoms. The zero-order chi connectivity index (χ0) is 15.0. The van der Waals surface area contributed by atoms with E-state index in [4.69, 9.17) is 17.3 Å². The lowest BCUT2D eigenvalue weighted by Crippen LogP contribution is -2.28. The summed E-state index contributed by atoms with van der Waals surface area (Å²) in [5, 5.41) is 0.812. The molecule has 0 radical (unpaired) electrons. The summed E-state index contributed by atoms with van der Waals surface area (Å²) in [5.74, 6) is 0. The van der Waals surface area contributed by atoms with Crippen molar-refractivity contribution < 1.29 is 0 Å². The Morgan fingerprint density at radius 2 is 1.75 bits per heavy atom. The summed E-state index contributed by atoms with van der Waals surface area (Å²) in [6.45, 7) is 8.73. The van der Waals surface area contributed by atoms with Crippen LogP contribution in [0.4, 0.5) is 5.69 Å². The Morgan fingerprint density at radius 1 is 1.15 bits per heavy atom. The van der Waals surface area contributed by atoms with Crippen molar-refractivity contribution in [2.45, 2.75) is 58.9 Å². The maximum Gasteiger partial charge on any atom is 0.0426 e. The molecule has 0 aliphatic rings. The molecule has 2 N–H and O–H groups in total. The molecule has 0 saturated carbocycles. The summed E-state index contributed by atoms with van der Waals surface area (Å²) < 4.78 is 0. The SMILES string of the molecule is CCCCN(CCCC)c1cc(Cl)ccc1CC(C)N. The van der Waals surface area contributed by atoms with Crippen molar-refractivity contribution in [1.29, 1.82) is 0 Å². The first-order valence-electron chi connectivity index (χ1n) is 7.87. The second-order valence-corrected chi connectivity index (χ2v) is 6.09. The lowest BCUT2D eigenvalue weighted by atomic mass is 10.0. The van der Waals surface area contributed by atoms with Crippen LogP contribution in [0.15, 0.2) is 18.2 Å². The summed E-state index contributed by atoms with van der Waals surface area (Å²) in [7, 11) is 0. The maximum atomic E-state index is 6.21. The third kappa shape index (κ3) is 5.72. The number of benzene rings is 1. The van der Waals surface area contributed by atoms with Gasteiger partial charge in [0, 0.05) is 29.8 Å². The molecular formula is C17H29ClN2. The molecule has 1 unspecified atom stereocenters. The van der Waals surface area contributed by atoms with E-state index >= 15 is 0 Å². The quantitative estimate of drug-likeness (QED) is 0.719. The molecule has 3 heteroatoms. The molecular weight excluding hydrogens is 268 g/mol. The first-order valence-corrected chi connectivity index (χ1v) is 8.25. The Morgan fingerprint density at radius 3 is 2.25 bits per heavy atom. The van der Waals surface area contributed by atoms with E-state index in [1.165, 1.54) is 36.9 Å². The molecule has 2 nitrogen and oxygen atoms in total. The zero-order valence-electron chi connectivity index (χ0n) is 13.2. The van der Waals surface area contributed by atoms with Crippen molar-refractivity contribution in [1.82, 2.24) is 0 Å². The van der Waals surface area contributed by atoms with Gasteiger partial charge in [-0.05, 0) is 43.9 Å². The van der Waals surface area contributed by atoms with Gasteiger partial charge in [-0.25, -0.2) is 0 Å². The van der Waals surface area contributed by atoms with E-state index in [0.717, 1.165) is 24.5 Å². The molecule has 1 aromatic carbocycles. The molecule has 0 spiro atoms. The molecule has 0 amide bonds. The number of anilines is 1. The summed E-state index contributed by atoms with van der Waals surface area (Å²) >= 11 is 6.21. The van der Waals surface area contributed by atoms with Crippen LogP contribution >= 0.6 is 11.6 Å². The van der Waals surface area contributed by atoms with Crippen LogP contribution in [0.2, 0.25) is 5.02 Å². The van der Waals surface area contributed by atoms with Gasteiger partial charge in [-0.15, -0.1) is 0 Å². The number of unbranched alkanes of at least 4 members (excludes halogenated alkanes) is 2. The van der Waals surface area contributed by atoms with Crippen LogP contribution < -0.4 is 10.6 Å². The predicted molar refractivity (Wildman–Crippen MR) is 90.8 cm³/mol. The van der Waals surface area contributed by atoms with Gasteiger partial charge in [-0.2, -0.15) is 0 Å². The maximum absolute atomic E-state index is 6.21. The molecule has 1 atom stereocenters. The minimum absolute atomic E-state index is 0.175. The number of nitrogens with two attached hydrogens (primary N) is 1. The minimum atomic E-state index is 0.175. The van der Waals surface area contributed by atoms with Gasteiger partial charge in [0.2, 0.25) is 0 Å². The third-order valence-electron chi connectivity index (χ3n) is 3.49. The Bertz CT molecular complexity index is 383. The number of hydrogen-bond donors (Lipinski definition) is 1. The van der Waals surface area contributed by atoms with Crippen LogP contribution in [0.5, 0.6) is 0 Å². The first-order chi connectivity index (χ1) is 9.58. The fourth-order valence-electron chi connectivity index (χ4n) is 2.40. The molecule has 0 saturated heterocycles. The molecule has 0 heterocycles. The second-order valence-electron chi connectivity index (χ2n) is 5.65. The van der Waals surface area contributed by atoms with E-state index in [1.54, 1.807) is 0 Å². The van der Waals surface area contributed by atoms with Crippen molar-refractivity contribution in [2.75, 3.05) is 18.0 Å². The standard InChI is InChI=1S/C17H29ClN2/c1-4-6-10-20(11-7-5-2)17-13-16(18)9-8-15(17)12-14(3)19/h8-9,13-14H,4-7,10-12,19H2,1-3H3. The number of nitrogens with zero attached hydrogens (tertiary/aromatic N) is 1. The molecule has 1 rings (SSSR count). The van der Waals surface area contributed by atoms with E-state index < -0.39 is 0 Å². The zero-order valence-corrected chi connectivity index (χ0v) is 13.9. The van der Waals surface area contributed by atoms with Gasteiger partial charge in [-0.1, -0.05) is 44.4 Å². The first kappa shape index (κ1) is 17.3. The van der Waals surface area contributed by atoms with Crippen LogP contribution in [0.25, 0.3) is 0 Å². The summed E-state index contributed by atoms with van der Waals surface area (Å²) in [6, 6.07) is 6.38. The summed E-state index contributed by atoms with van der Waals surface area (Å²) in [6.07, 6.45) is 5.76. The molecule has 0 aliphatic heterocycles. The van der Waals surface area contributed by atoms with E-state index in [2.05, 4.69) is 37.8 Å². The molecule has 0 aliphatic carbocycles. The summed E-state index contributed by atoms with van der Waals surface area (Å²) in [5.41, 5.74) is 8.57. The highest BCUT2D eigenvalue weighted by Crippen LogP contribution is 2.27. The fourth-order valence-corrected chi connectivity index (χ4v) is 2.57. The highest BCUT2D eigenvalue weighted by molar-refractivity contribution is 6.30. The van der Waals surface area contributed by atoms with E-state index in [-0.39, 0.29) is 6.04 Å². The molecule has 1 aromatic rings. The average Bonchev–Trinajstić information content (AvgIpc) is 2.41. The van der Waals surface area contributed by atoms with Crippen LogP contribution in [-0.2, 0) is 6.42 Å². The highest BCUT2D eigenvalue weighted by atomic mass is 35.5. The summed E-state index contributed by atoms with van der Waals surface area (Å²) in [4.78, 5) is 2.48. The Kier molecular flexibility index (Phi) is 8.01. The van der Waals surface area contributed by atoms with Crippen molar-refractivity contribution in [3.63, 3.8) is 0 Å². The van der Waals surface area contributed by atoms with Crippen molar-refractivity contribution >= 4 is 17.3 Å². The van der Waals surface area contributed by atoms with Gasteiger partial charge in [0.15, 0.2) is 0 Å². The molecule has 114 valence electrons. The van der Waals surface area contributed by atoms with Gasteiger partial charge >= 0.3 is 0 Å². The van der Waals surface area contributed by atoms with Gasteiger partial charge < -0.3 is 10.6 Å². The largest absolute Gasteiger partial charge is 0.371 e. The smallest absolute Gasteiger partial charge is 0.0426 e. The number of halogens is 1. The van der Waals surface area contributed by atoms with Crippen molar-refractivity contribution in [3.05, 3.63) is 28.8 Å². The monoisotopic (exact) mass is 296 g/mol. The van der Waals surface area contributed by atoms with Gasteiger partial charge in [0.05, 0.1) is 0 Å². The Balaban J connectivity index is 2.98. The third-order valence-corrected chi connectivity index (χ3v) is 3.73. The fraction of sp³-hybridized carbons (Fsp3) is 0.647. The number of hydrogen-bond acceptors (Lipinski definition) is 2.